The Morgan fingerprint density at radius 2 is 2.25 bits per heavy atom. The molecular weight excluding hydrogens is 315 g/mol. The summed E-state index contributed by atoms with van der Waals surface area (Å²) in [7, 11) is 0. The van der Waals surface area contributed by atoms with Gasteiger partial charge in [-0.15, -0.1) is 5.10 Å². The molecule has 2 aromatic rings. The lowest BCUT2D eigenvalue weighted by Gasteiger charge is -2.32. The minimum absolute atomic E-state index is 0.145. The van der Waals surface area contributed by atoms with E-state index in [1.165, 1.54) is 16.9 Å². The zero-order valence-corrected chi connectivity index (χ0v) is 13.1. The first-order valence-electron chi connectivity index (χ1n) is 7.65. The summed E-state index contributed by atoms with van der Waals surface area (Å²) in [5.41, 5.74) is 1.22. The van der Waals surface area contributed by atoms with Gasteiger partial charge in [0.25, 0.3) is 0 Å². The van der Waals surface area contributed by atoms with Gasteiger partial charge in [-0.2, -0.15) is 0 Å². The van der Waals surface area contributed by atoms with Gasteiger partial charge in [0.15, 0.2) is 5.69 Å². The summed E-state index contributed by atoms with van der Waals surface area (Å²) in [5.74, 6) is -1.60. The van der Waals surface area contributed by atoms with Crippen LogP contribution in [0.25, 0.3) is 0 Å². The van der Waals surface area contributed by atoms with Crippen LogP contribution < -0.4 is 5.32 Å². The molecule has 0 spiro atoms. The minimum Gasteiger partial charge on any atom is -0.476 e. The van der Waals surface area contributed by atoms with E-state index >= 15 is 0 Å². The Bertz CT molecular complexity index is 789. The molecule has 3 rings (SSSR count). The van der Waals surface area contributed by atoms with Crippen LogP contribution in [-0.2, 0) is 17.8 Å². The van der Waals surface area contributed by atoms with Crippen molar-refractivity contribution < 1.29 is 19.1 Å². The van der Waals surface area contributed by atoms with E-state index in [9.17, 15) is 14.0 Å². The summed E-state index contributed by atoms with van der Waals surface area (Å²) in [4.78, 5) is 23.0. The highest BCUT2D eigenvalue weighted by atomic mass is 19.1. The number of benzene rings is 1. The van der Waals surface area contributed by atoms with E-state index in [2.05, 4.69) is 15.6 Å². The SMILES string of the molecule is CC1CCc2c(F)cccc2C1NC(=O)Cn1cc(C(=O)O)nn1. The third-order valence-corrected chi connectivity index (χ3v) is 4.29. The van der Waals surface area contributed by atoms with Crippen molar-refractivity contribution in [3.63, 3.8) is 0 Å². The Hall–Kier alpha value is -2.77. The average Bonchev–Trinajstić information content (AvgIpc) is 2.99. The zero-order chi connectivity index (χ0) is 17.3. The van der Waals surface area contributed by atoms with E-state index in [0.717, 1.165) is 12.0 Å². The van der Waals surface area contributed by atoms with Gasteiger partial charge >= 0.3 is 5.97 Å². The Morgan fingerprint density at radius 3 is 2.96 bits per heavy atom. The van der Waals surface area contributed by atoms with Crippen molar-refractivity contribution in [1.29, 1.82) is 0 Å². The van der Waals surface area contributed by atoms with Crippen LogP contribution in [0.4, 0.5) is 4.39 Å². The maximum absolute atomic E-state index is 13.9. The molecule has 0 saturated heterocycles. The number of fused-ring (bicyclic) bond motifs is 1. The Kier molecular flexibility index (Phi) is 4.28. The topological polar surface area (TPSA) is 97.1 Å². The monoisotopic (exact) mass is 332 g/mol. The van der Waals surface area contributed by atoms with Crippen LogP contribution in [0.15, 0.2) is 24.4 Å². The van der Waals surface area contributed by atoms with E-state index in [1.54, 1.807) is 6.07 Å². The van der Waals surface area contributed by atoms with Gasteiger partial charge < -0.3 is 10.4 Å². The lowest BCUT2D eigenvalue weighted by molar-refractivity contribution is -0.123. The number of nitrogens with one attached hydrogen (secondary N) is 1. The van der Waals surface area contributed by atoms with Gasteiger partial charge in [-0.25, -0.2) is 13.9 Å². The molecular formula is C16H17FN4O3. The fourth-order valence-electron chi connectivity index (χ4n) is 3.04. The first-order chi connectivity index (χ1) is 11.5. The molecule has 1 aliphatic rings. The van der Waals surface area contributed by atoms with Crippen molar-refractivity contribution in [2.24, 2.45) is 5.92 Å². The highest BCUT2D eigenvalue weighted by Crippen LogP contribution is 2.35. The first kappa shape index (κ1) is 16.1. The number of carbonyl (C=O) groups is 2. The van der Waals surface area contributed by atoms with E-state index in [4.69, 9.17) is 5.11 Å². The maximum atomic E-state index is 13.9. The third-order valence-electron chi connectivity index (χ3n) is 4.29. The summed E-state index contributed by atoms with van der Waals surface area (Å²) < 4.78 is 15.1. The highest BCUT2D eigenvalue weighted by Gasteiger charge is 2.29. The standard InChI is InChI=1S/C16H17FN4O3/c1-9-5-6-10-11(3-2-4-12(10)17)15(9)18-14(22)8-21-7-13(16(23)24)19-20-21/h2-4,7,9,15H,5-6,8H2,1H3,(H,18,22)(H,23,24). The number of aromatic nitrogens is 3. The predicted octanol–water partition coefficient (Wildman–Crippen LogP) is 1.56. The van der Waals surface area contributed by atoms with Crippen LogP contribution in [0.2, 0.25) is 0 Å². The van der Waals surface area contributed by atoms with Crippen molar-refractivity contribution in [3.8, 4) is 0 Å². The number of halogens is 1. The summed E-state index contributed by atoms with van der Waals surface area (Å²) in [5, 5.41) is 18.8. The van der Waals surface area contributed by atoms with Crippen LogP contribution in [0.5, 0.6) is 0 Å². The zero-order valence-electron chi connectivity index (χ0n) is 13.1. The fraction of sp³-hybridized carbons (Fsp3) is 0.375. The number of carboxylic acids is 1. The van der Waals surface area contributed by atoms with Gasteiger partial charge in [0.05, 0.1) is 12.2 Å². The molecule has 24 heavy (non-hydrogen) atoms. The molecule has 1 amide bonds. The molecule has 2 atom stereocenters. The molecule has 1 aromatic carbocycles. The normalized spacial score (nSPS) is 19.6. The van der Waals surface area contributed by atoms with E-state index < -0.39 is 5.97 Å². The van der Waals surface area contributed by atoms with Crippen LogP contribution in [0.3, 0.4) is 0 Å². The average molecular weight is 332 g/mol. The highest BCUT2D eigenvalue weighted by molar-refractivity contribution is 5.84. The molecule has 7 nitrogen and oxygen atoms in total. The molecule has 1 aliphatic carbocycles. The number of carbonyl (C=O) groups excluding carboxylic acids is 1. The van der Waals surface area contributed by atoms with Crippen molar-refractivity contribution in [2.45, 2.75) is 32.4 Å². The molecule has 0 saturated carbocycles. The number of rotatable bonds is 4. The number of hydrogen-bond donors (Lipinski definition) is 2. The van der Waals surface area contributed by atoms with E-state index in [1.807, 2.05) is 13.0 Å². The number of amides is 1. The Labute approximate surface area is 137 Å². The van der Waals surface area contributed by atoms with E-state index in [-0.39, 0.29) is 35.9 Å². The largest absolute Gasteiger partial charge is 0.476 e. The smallest absolute Gasteiger partial charge is 0.358 e. The second kappa shape index (κ2) is 6.38. The molecule has 2 N–H and O–H groups in total. The number of nitrogens with zero attached hydrogens (tertiary/aromatic N) is 3. The molecule has 1 heterocycles. The quantitative estimate of drug-likeness (QED) is 0.885. The molecule has 0 fully saturated rings. The number of carboxylic acid groups (broad SMARTS) is 1. The van der Waals surface area contributed by atoms with Crippen LogP contribution in [-0.4, -0.2) is 32.0 Å². The van der Waals surface area contributed by atoms with Crippen molar-refractivity contribution >= 4 is 11.9 Å². The van der Waals surface area contributed by atoms with Crippen LogP contribution in [0, 0.1) is 11.7 Å². The first-order valence-corrected chi connectivity index (χ1v) is 7.65. The lowest BCUT2D eigenvalue weighted by Crippen LogP contribution is -2.37. The molecule has 0 bridgehead atoms. The van der Waals surface area contributed by atoms with Gasteiger partial charge in [0.1, 0.15) is 12.4 Å². The van der Waals surface area contributed by atoms with Crippen molar-refractivity contribution in [1.82, 2.24) is 20.3 Å². The van der Waals surface area contributed by atoms with Gasteiger partial charge in [-0.3, -0.25) is 4.79 Å². The van der Waals surface area contributed by atoms with Crippen molar-refractivity contribution in [2.75, 3.05) is 0 Å². The Balaban J connectivity index is 1.74. The van der Waals surface area contributed by atoms with Crippen LogP contribution >= 0.6 is 0 Å². The summed E-state index contributed by atoms with van der Waals surface area (Å²) in [6, 6.07) is 4.62. The number of aromatic carboxylic acids is 1. The van der Waals surface area contributed by atoms with Crippen molar-refractivity contribution in [3.05, 3.63) is 47.0 Å². The Morgan fingerprint density at radius 1 is 1.46 bits per heavy atom. The molecule has 1 aromatic heterocycles. The third kappa shape index (κ3) is 3.12. The molecule has 8 heteroatoms. The molecule has 126 valence electrons. The van der Waals surface area contributed by atoms with Gasteiger partial charge in [-0.1, -0.05) is 24.3 Å². The summed E-state index contributed by atoms with van der Waals surface area (Å²) >= 11 is 0. The molecule has 2 unspecified atom stereocenters. The lowest BCUT2D eigenvalue weighted by atomic mass is 9.80. The predicted molar refractivity (Wildman–Crippen MR) is 81.8 cm³/mol. The number of hydrogen-bond acceptors (Lipinski definition) is 4. The van der Waals surface area contributed by atoms with Gasteiger partial charge in [-0.05, 0) is 36.0 Å². The maximum Gasteiger partial charge on any atom is 0.358 e. The second-order valence-electron chi connectivity index (χ2n) is 5.98. The van der Waals surface area contributed by atoms with Crippen LogP contribution in [0.1, 0.15) is 41.0 Å². The van der Waals surface area contributed by atoms with Gasteiger partial charge in [0.2, 0.25) is 5.91 Å². The minimum atomic E-state index is -1.20. The molecule has 0 aliphatic heterocycles. The second-order valence-corrected chi connectivity index (χ2v) is 5.98. The fourth-order valence-corrected chi connectivity index (χ4v) is 3.04. The van der Waals surface area contributed by atoms with Gasteiger partial charge in [0, 0.05) is 0 Å². The summed E-state index contributed by atoms with van der Waals surface area (Å²) in [6.07, 6.45) is 2.63. The molecule has 0 radical (unpaired) electrons. The van der Waals surface area contributed by atoms with E-state index in [0.29, 0.717) is 12.0 Å². The summed E-state index contributed by atoms with van der Waals surface area (Å²) in [6.45, 7) is 1.87.